The molecule has 1 saturated carbocycles. The Morgan fingerprint density at radius 1 is 1.30 bits per heavy atom. The van der Waals surface area contributed by atoms with Crippen LogP contribution in [0.25, 0.3) is 11.3 Å². The van der Waals surface area contributed by atoms with Gasteiger partial charge in [0.05, 0.1) is 23.6 Å². The maximum absolute atomic E-state index is 11.5. The third kappa shape index (κ3) is 2.77. The van der Waals surface area contributed by atoms with Crippen LogP contribution in [0.2, 0.25) is 0 Å². The SMILES string of the molecule is O=C1Cn2ncc(-c3ccnc(NC4CCC(O)CC4)n3)c2N1. The summed E-state index contributed by atoms with van der Waals surface area (Å²) in [7, 11) is 0. The molecule has 0 aromatic carbocycles. The molecule has 2 aromatic rings. The lowest BCUT2D eigenvalue weighted by Crippen LogP contribution is -2.28. The van der Waals surface area contributed by atoms with Crippen molar-refractivity contribution in [3.63, 3.8) is 0 Å². The van der Waals surface area contributed by atoms with E-state index in [0.717, 1.165) is 36.9 Å². The fourth-order valence-corrected chi connectivity index (χ4v) is 3.11. The zero-order chi connectivity index (χ0) is 15.8. The smallest absolute Gasteiger partial charge is 0.247 e. The van der Waals surface area contributed by atoms with E-state index in [0.29, 0.717) is 11.8 Å². The molecule has 1 fully saturated rings. The molecule has 4 rings (SSSR count). The number of aliphatic hydroxyl groups is 1. The number of amides is 1. The third-order valence-corrected chi connectivity index (χ3v) is 4.35. The molecule has 0 unspecified atom stereocenters. The molecule has 0 radical (unpaired) electrons. The Bertz CT molecular complexity index is 735. The number of nitrogens with zero attached hydrogens (tertiary/aromatic N) is 4. The molecule has 1 aliphatic heterocycles. The van der Waals surface area contributed by atoms with Crippen molar-refractivity contribution in [3.8, 4) is 11.3 Å². The first-order chi connectivity index (χ1) is 11.2. The van der Waals surface area contributed by atoms with Crippen molar-refractivity contribution in [1.29, 1.82) is 0 Å². The first-order valence-electron chi connectivity index (χ1n) is 7.83. The lowest BCUT2D eigenvalue weighted by atomic mass is 9.93. The van der Waals surface area contributed by atoms with Gasteiger partial charge in [-0.15, -0.1) is 0 Å². The van der Waals surface area contributed by atoms with Gasteiger partial charge >= 0.3 is 0 Å². The summed E-state index contributed by atoms with van der Waals surface area (Å²) in [6.07, 6.45) is 6.66. The first kappa shape index (κ1) is 14.1. The Morgan fingerprint density at radius 2 is 2.13 bits per heavy atom. The molecule has 1 amide bonds. The molecule has 3 N–H and O–H groups in total. The lowest BCUT2D eigenvalue weighted by Gasteiger charge is -2.26. The average Bonchev–Trinajstić information content (AvgIpc) is 3.09. The molecule has 0 saturated heterocycles. The van der Waals surface area contributed by atoms with E-state index < -0.39 is 0 Å². The summed E-state index contributed by atoms with van der Waals surface area (Å²) in [6, 6.07) is 2.09. The fourth-order valence-electron chi connectivity index (χ4n) is 3.11. The molecule has 2 aromatic heterocycles. The zero-order valence-electron chi connectivity index (χ0n) is 12.6. The van der Waals surface area contributed by atoms with E-state index in [9.17, 15) is 9.90 Å². The molecule has 8 heteroatoms. The third-order valence-electron chi connectivity index (χ3n) is 4.35. The van der Waals surface area contributed by atoms with Gasteiger partial charge in [-0.1, -0.05) is 0 Å². The maximum atomic E-state index is 11.5. The second-order valence-electron chi connectivity index (χ2n) is 6.03. The first-order valence-corrected chi connectivity index (χ1v) is 7.83. The molecule has 0 spiro atoms. The predicted molar refractivity (Wildman–Crippen MR) is 83.8 cm³/mol. The minimum absolute atomic E-state index is 0.0671. The number of rotatable bonds is 3. The Kier molecular flexibility index (Phi) is 3.45. The second kappa shape index (κ2) is 5.62. The van der Waals surface area contributed by atoms with Gasteiger partial charge in [0.1, 0.15) is 12.4 Å². The van der Waals surface area contributed by atoms with Crippen molar-refractivity contribution in [2.45, 2.75) is 44.4 Å². The summed E-state index contributed by atoms with van der Waals surface area (Å²) >= 11 is 0. The molecule has 8 nitrogen and oxygen atoms in total. The number of fused-ring (bicyclic) bond motifs is 1. The normalized spacial score (nSPS) is 23.4. The summed E-state index contributed by atoms with van der Waals surface area (Å²) in [5, 5.41) is 19.9. The van der Waals surface area contributed by atoms with Gasteiger partial charge in [0, 0.05) is 12.2 Å². The van der Waals surface area contributed by atoms with E-state index >= 15 is 0 Å². The summed E-state index contributed by atoms with van der Waals surface area (Å²) in [4.78, 5) is 20.3. The largest absolute Gasteiger partial charge is 0.393 e. The van der Waals surface area contributed by atoms with Crippen LogP contribution in [0.3, 0.4) is 0 Å². The Morgan fingerprint density at radius 3 is 2.96 bits per heavy atom. The number of nitrogens with one attached hydrogen (secondary N) is 2. The molecule has 120 valence electrons. The number of aliphatic hydroxyl groups excluding tert-OH is 1. The van der Waals surface area contributed by atoms with Crippen LogP contribution in [0.15, 0.2) is 18.5 Å². The minimum Gasteiger partial charge on any atom is -0.393 e. The highest BCUT2D eigenvalue weighted by molar-refractivity contribution is 5.97. The van der Waals surface area contributed by atoms with Crippen molar-refractivity contribution < 1.29 is 9.90 Å². The van der Waals surface area contributed by atoms with Crippen LogP contribution in [0.4, 0.5) is 11.8 Å². The van der Waals surface area contributed by atoms with Crippen molar-refractivity contribution in [2.24, 2.45) is 0 Å². The van der Waals surface area contributed by atoms with Crippen LogP contribution in [0.5, 0.6) is 0 Å². The maximum Gasteiger partial charge on any atom is 0.247 e. The van der Waals surface area contributed by atoms with Gasteiger partial charge in [0.2, 0.25) is 11.9 Å². The number of aromatic nitrogens is 4. The van der Waals surface area contributed by atoms with E-state index in [-0.39, 0.29) is 24.6 Å². The van der Waals surface area contributed by atoms with Crippen LogP contribution < -0.4 is 10.6 Å². The monoisotopic (exact) mass is 314 g/mol. The highest BCUT2D eigenvalue weighted by Gasteiger charge is 2.24. The van der Waals surface area contributed by atoms with Crippen molar-refractivity contribution in [1.82, 2.24) is 19.7 Å². The van der Waals surface area contributed by atoms with Crippen molar-refractivity contribution >= 4 is 17.7 Å². The fraction of sp³-hybridized carbons (Fsp3) is 0.467. The van der Waals surface area contributed by atoms with Gasteiger partial charge in [0.15, 0.2) is 0 Å². The number of hydrogen-bond acceptors (Lipinski definition) is 6. The van der Waals surface area contributed by atoms with Crippen LogP contribution in [-0.4, -0.2) is 42.9 Å². The summed E-state index contributed by atoms with van der Waals surface area (Å²) in [5.74, 6) is 1.18. The van der Waals surface area contributed by atoms with Crippen LogP contribution >= 0.6 is 0 Å². The van der Waals surface area contributed by atoms with Crippen LogP contribution in [-0.2, 0) is 11.3 Å². The summed E-state index contributed by atoms with van der Waals surface area (Å²) in [5.41, 5.74) is 1.52. The molecule has 3 heterocycles. The molecule has 0 bridgehead atoms. The van der Waals surface area contributed by atoms with Crippen LogP contribution in [0.1, 0.15) is 25.7 Å². The number of hydrogen-bond donors (Lipinski definition) is 3. The van der Waals surface area contributed by atoms with E-state index in [4.69, 9.17) is 0 Å². The van der Waals surface area contributed by atoms with Gasteiger partial charge in [0.25, 0.3) is 0 Å². The summed E-state index contributed by atoms with van der Waals surface area (Å²) < 4.78 is 1.63. The summed E-state index contributed by atoms with van der Waals surface area (Å²) in [6.45, 7) is 0.246. The molecule has 23 heavy (non-hydrogen) atoms. The molecule has 0 atom stereocenters. The average molecular weight is 314 g/mol. The lowest BCUT2D eigenvalue weighted by molar-refractivity contribution is -0.116. The highest BCUT2D eigenvalue weighted by atomic mass is 16.3. The highest BCUT2D eigenvalue weighted by Crippen LogP contribution is 2.29. The van der Waals surface area contributed by atoms with E-state index in [1.807, 2.05) is 0 Å². The molecule has 2 aliphatic rings. The quantitative estimate of drug-likeness (QED) is 0.781. The standard InChI is InChI=1S/C15H18N6O2/c22-10-3-1-9(2-4-10)18-15-16-6-5-12(19-15)11-7-17-21-8-13(23)20-14(11)21/h5-7,9-10,22H,1-4,8H2,(H,20,23)(H,16,18,19). The molecular formula is C15H18N6O2. The molecular weight excluding hydrogens is 296 g/mol. The van der Waals surface area contributed by atoms with E-state index in [1.165, 1.54) is 0 Å². The predicted octanol–water partition coefficient (Wildman–Crippen LogP) is 1.01. The van der Waals surface area contributed by atoms with Crippen molar-refractivity contribution in [3.05, 3.63) is 18.5 Å². The Hall–Kier alpha value is -2.48. The van der Waals surface area contributed by atoms with Gasteiger partial charge in [-0.25, -0.2) is 14.6 Å². The van der Waals surface area contributed by atoms with Gasteiger partial charge in [-0.3, -0.25) is 4.79 Å². The van der Waals surface area contributed by atoms with E-state index in [1.54, 1.807) is 23.1 Å². The minimum atomic E-state index is -0.182. The number of carbonyl (C=O) groups is 1. The van der Waals surface area contributed by atoms with Crippen molar-refractivity contribution in [2.75, 3.05) is 10.6 Å². The van der Waals surface area contributed by atoms with Crippen LogP contribution in [0, 0.1) is 0 Å². The Labute approximate surface area is 132 Å². The van der Waals surface area contributed by atoms with Gasteiger partial charge < -0.3 is 15.7 Å². The van der Waals surface area contributed by atoms with Gasteiger partial charge in [-0.05, 0) is 31.7 Å². The van der Waals surface area contributed by atoms with Gasteiger partial charge in [-0.2, -0.15) is 5.10 Å². The number of anilines is 2. The Balaban J connectivity index is 1.54. The second-order valence-corrected chi connectivity index (χ2v) is 6.03. The number of carbonyl (C=O) groups excluding carboxylic acids is 1. The zero-order valence-corrected chi connectivity index (χ0v) is 12.6. The van der Waals surface area contributed by atoms with E-state index in [2.05, 4.69) is 25.7 Å². The molecule has 1 aliphatic carbocycles. The topological polar surface area (TPSA) is 105 Å².